The summed E-state index contributed by atoms with van der Waals surface area (Å²) in [6.45, 7) is 0. The van der Waals surface area contributed by atoms with Crippen LogP contribution in [0.3, 0.4) is 0 Å². The fourth-order valence-corrected chi connectivity index (χ4v) is 3.85. The number of methoxy groups -OCH3 is 1. The van der Waals surface area contributed by atoms with Crippen molar-refractivity contribution in [3.05, 3.63) is 77.3 Å². The lowest BCUT2D eigenvalue weighted by molar-refractivity contribution is -0.119. The third kappa shape index (κ3) is 4.95. The highest BCUT2D eigenvalue weighted by molar-refractivity contribution is 7.99. The molecule has 0 saturated heterocycles. The number of hydrogen-bond donors (Lipinski definition) is 1. The van der Waals surface area contributed by atoms with Crippen LogP contribution in [0, 0.1) is 0 Å². The van der Waals surface area contributed by atoms with Crippen molar-refractivity contribution in [2.45, 2.75) is 11.3 Å². The van der Waals surface area contributed by atoms with E-state index in [2.05, 4.69) is 20.5 Å². The number of thioether (sulfide) groups is 1. The molecule has 4 rings (SSSR count). The van der Waals surface area contributed by atoms with Crippen molar-refractivity contribution >= 4 is 29.3 Å². The second-order valence-electron chi connectivity index (χ2n) is 6.81. The lowest BCUT2D eigenvalue weighted by Crippen LogP contribution is -2.32. The number of halogens is 1. The number of rotatable bonds is 8. The van der Waals surface area contributed by atoms with Gasteiger partial charge in [-0.15, -0.1) is 10.2 Å². The van der Waals surface area contributed by atoms with E-state index in [1.165, 1.54) is 0 Å². The molecule has 32 heavy (non-hydrogen) atoms. The third-order valence-electron chi connectivity index (χ3n) is 4.70. The zero-order valence-corrected chi connectivity index (χ0v) is 18.9. The van der Waals surface area contributed by atoms with E-state index in [0.29, 0.717) is 27.7 Å². The second-order valence-corrected chi connectivity index (χ2v) is 8.17. The Morgan fingerprint density at radius 3 is 2.72 bits per heavy atom. The van der Waals surface area contributed by atoms with Crippen LogP contribution in [0.2, 0.25) is 5.02 Å². The van der Waals surface area contributed by atoms with Crippen molar-refractivity contribution in [2.75, 3.05) is 12.9 Å². The van der Waals surface area contributed by atoms with E-state index in [0.717, 1.165) is 22.9 Å². The van der Waals surface area contributed by atoms with Crippen LogP contribution in [0.1, 0.15) is 17.4 Å². The minimum Gasteiger partial charge on any atom is -0.496 e. The van der Waals surface area contributed by atoms with Gasteiger partial charge in [-0.05, 0) is 30.3 Å². The predicted octanol–water partition coefficient (Wildman–Crippen LogP) is 4.13. The zero-order valence-electron chi connectivity index (χ0n) is 17.4. The first-order valence-electron chi connectivity index (χ1n) is 9.67. The minimum absolute atomic E-state index is 0.0956. The average molecular weight is 470 g/mol. The number of para-hydroxylation sites is 1. The Hall–Kier alpha value is -3.30. The lowest BCUT2D eigenvalue weighted by atomic mass is 10.0. The smallest absolute Gasteiger partial charge is 0.277 e. The summed E-state index contributed by atoms with van der Waals surface area (Å²) < 4.78 is 13.0. The Balaban J connectivity index is 1.46. The summed E-state index contributed by atoms with van der Waals surface area (Å²) in [6, 6.07) is 14.1. The molecule has 0 fully saturated rings. The highest BCUT2D eigenvalue weighted by Crippen LogP contribution is 2.29. The van der Waals surface area contributed by atoms with Gasteiger partial charge in [0.05, 0.1) is 12.9 Å². The summed E-state index contributed by atoms with van der Waals surface area (Å²) >= 11 is 7.07. The number of hydrogen-bond acceptors (Lipinski definition) is 7. The van der Waals surface area contributed by atoms with Gasteiger partial charge in [-0.2, -0.15) is 0 Å². The summed E-state index contributed by atoms with van der Waals surface area (Å²) in [4.78, 5) is 17.2. The first-order chi connectivity index (χ1) is 15.5. The molecule has 2 aromatic heterocycles. The number of aromatic nitrogens is 4. The molecule has 4 aromatic rings. The molecule has 2 heterocycles. The number of ether oxygens (including phenoxy) is 1. The molecular formula is C22H20ClN5O3S. The first-order valence-corrected chi connectivity index (χ1v) is 11.0. The molecular weight excluding hydrogens is 450 g/mol. The molecule has 0 aliphatic heterocycles. The number of nitrogens with zero attached hydrogens (tertiary/aromatic N) is 4. The topological polar surface area (TPSA) is 95.1 Å². The third-order valence-corrected chi connectivity index (χ3v) is 5.77. The maximum Gasteiger partial charge on any atom is 0.277 e. The van der Waals surface area contributed by atoms with Gasteiger partial charge in [0.15, 0.2) is 0 Å². The zero-order chi connectivity index (χ0) is 22.5. The molecule has 2 aromatic carbocycles. The van der Waals surface area contributed by atoms with Crippen molar-refractivity contribution in [1.82, 2.24) is 25.1 Å². The van der Waals surface area contributed by atoms with Gasteiger partial charge in [0, 0.05) is 35.6 Å². The molecule has 0 aliphatic carbocycles. The van der Waals surface area contributed by atoms with Gasteiger partial charge < -0.3 is 19.0 Å². The summed E-state index contributed by atoms with van der Waals surface area (Å²) in [5, 5.41) is 12.0. The van der Waals surface area contributed by atoms with Gasteiger partial charge in [0.2, 0.25) is 11.8 Å². The monoisotopic (exact) mass is 469 g/mol. The van der Waals surface area contributed by atoms with E-state index in [-0.39, 0.29) is 11.7 Å². The molecule has 10 heteroatoms. The number of nitrogens with one attached hydrogen (secondary N) is 1. The van der Waals surface area contributed by atoms with Crippen LogP contribution in [-0.2, 0) is 11.8 Å². The van der Waals surface area contributed by atoms with Gasteiger partial charge >= 0.3 is 0 Å². The van der Waals surface area contributed by atoms with E-state index in [1.807, 2.05) is 42.1 Å². The molecule has 1 amide bonds. The number of amides is 1. The quantitative estimate of drug-likeness (QED) is 0.387. The molecule has 0 aliphatic rings. The fraction of sp³-hybridized carbons (Fsp3) is 0.182. The van der Waals surface area contributed by atoms with Crippen LogP contribution >= 0.6 is 23.4 Å². The normalized spacial score (nSPS) is 11.8. The van der Waals surface area contributed by atoms with Crippen molar-refractivity contribution in [3.8, 4) is 17.2 Å². The Morgan fingerprint density at radius 1 is 1.22 bits per heavy atom. The molecule has 1 atom stereocenters. The van der Waals surface area contributed by atoms with E-state index in [9.17, 15) is 4.79 Å². The van der Waals surface area contributed by atoms with Gasteiger partial charge in [0.1, 0.15) is 17.6 Å². The SMILES string of the molecule is COc1ccccc1C(NC(=O)CSc1nnc(-c2ccc(Cl)cc2)o1)c1nccn1C. The molecule has 0 radical (unpaired) electrons. The Kier molecular flexibility index (Phi) is 6.77. The molecule has 1 unspecified atom stereocenters. The van der Waals surface area contributed by atoms with Crippen molar-refractivity contribution in [3.63, 3.8) is 0 Å². The Labute approximate surface area is 194 Å². The number of benzene rings is 2. The average Bonchev–Trinajstić information content (AvgIpc) is 3.46. The maximum atomic E-state index is 12.8. The van der Waals surface area contributed by atoms with E-state index in [4.69, 9.17) is 20.8 Å². The van der Waals surface area contributed by atoms with Crippen LogP contribution in [-0.4, -0.2) is 38.5 Å². The van der Waals surface area contributed by atoms with Crippen molar-refractivity contribution in [2.24, 2.45) is 7.05 Å². The van der Waals surface area contributed by atoms with E-state index >= 15 is 0 Å². The van der Waals surface area contributed by atoms with Crippen molar-refractivity contribution in [1.29, 1.82) is 0 Å². The molecule has 0 spiro atoms. The number of carbonyl (C=O) groups excluding carboxylic acids is 1. The Morgan fingerprint density at radius 2 is 2.00 bits per heavy atom. The molecule has 164 valence electrons. The number of aryl methyl sites for hydroxylation is 1. The standard InChI is InChI=1S/C22H20ClN5O3S/c1-28-12-11-24-20(28)19(16-5-3-4-6-17(16)30-2)25-18(29)13-32-22-27-26-21(31-22)14-7-9-15(23)10-8-14/h3-12,19H,13H2,1-2H3,(H,25,29). The number of carbonyl (C=O) groups is 1. The minimum atomic E-state index is -0.480. The lowest BCUT2D eigenvalue weighted by Gasteiger charge is -2.21. The predicted molar refractivity (Wildman–Crippen MR) is 122 cm³/mol. The van der Waals surface area contributed by atoms with Crippen molar-refractivity contribution < 1.29 is 13.9 Å². The van der Waals surface area contributed by atoms with Crippen LogP contribution in [0.25, 0.3) is 11.5 Å². The second kappa shape index (κ2) is 9.88. The summed E-state index contributed by atoms with van der Waals surface area (Å²) in [6.07, 6.45) is 3.52. The number of imidazole rings is 1. The van der Waals surface area contributed by atoms with Gasteiger partial charge in [0.25, 0.3) is 5.22 Å². The molecule has 0 bridgehead atoms. The van der Waals surface area contributed by atoms with Gasteiger partial charge in [-0.1, -0.05) is 41.6 Å². The van der Waals surface area contributed by atoms with Crippen LogP contribution in [0.5, 0.6) is 5.75 Å². The molecule has 0 saturated carbocycles. The van der Waals surface area contributed by atoms with Gasteiger partial charge in [-0.3, -0.25) is 4.79 Å². The fourth-order valence-electron chi connectivity index (χ4n) is 3.15. The summed E-state index contributed by atoms with van der Waals surface area (Å²) in [5.41, 5.74) is 1.56. The van der Waals surface area contributed by atoms with Crippen LogP contribution < -0.4 is 10.1 Å². The van der Waals surface area contributed by atoms with Crippen LogP contribution in [0.15, 0.2) is 70.6 Å². The molecule has 1 N–H and O–H groups in total. The summed E-state index contributed by atoms with van der Waals surface area (Å²) in [7, 11) is 3.47. The van der Waals surface area contributed by atoms with Gasteiger partial charge in [-0.25, -0.2) is 4.98 Å². The van der Waals surface area contributed by atoms with Crippen LogP contribution in [0.4, 0.5) is 0 Å². The van der Waals surface area contributed by atoms with E-state index < -0.39 is 6.04 Å². The summed E-state index contributed by atoms with van der Waals surface area (Å²) in [5.74, 6) is 1.61. The highest BCUT2D eigenvalue weighted by Gasteiger charge is 2.24. The largest absolute Gasteiger partial charge is 0.496 e. The highest BCUT2D eigenvalue weighted by atomic mass is 35.5. The first kappa shape index (κ1) is 21.9. The molecule has 8 nitrogen and oxygen atoms in total. The van der Waals surface area contributed by atoms with E-state index in [1.54, 1.807) is 37.6 Å². The Bertz CT molecular complexity index is 1210. The maximum absolute atomic E-state index is 12.8.